The number of Topliss-reactive ketones (excluding diaryl/α,β-unsaturated/α-hetero) is 1. The largest absolute Gasteiger partial charge is 0.497 e. The van der Waals surface area contributed by atoms with Crippen molar-refractivity contribution in [1.29, 1.82) is 0 Å². The summed E-state index contributed by atoms with van der Waals surface area (Å²) in [5.41, 5.74) is 6.33. The van der Waals surface area contributed by atoms with Crippen molar-refractivity contribution in [3.63, 3.8) is 0 Å². The first-order valence-electron chi connectivity index (χ1n) is 8.89. The number of likely N-dealkylation sites (N-methyl/N-ethyl adjacent to an activating group) is 1. The highest BCUT2D eigenvalue weighted by molar-refractivity contribution is 6.13. The number of rotatable bonds is 2. The molecule has 0 saturated carbocycles. The van der Waals surface area contributed by atoms with E-state index in [-0.39, 0.29) is 11.2 Å². The molecule has 1 heterocycles. The van der Waals surface area contributed by atoms with Crippen LogP contribution in [0, 0.1) is 0 Å². The third kappa shape index (κ3) is 2.38. The number of allylic oxidation sites excluding steroid dienone is 4. The zero-order valence-electron chi connectivity index (χ0n) is 15.7. The Morgan fingerprint density at radius 3 is 2.62 bits per heavy atom. The van der Waals surface area contributed by atoms with Crippen molar-refractivity contribution < 1.29 is 9.53 Å². The number of para-hydroxylation sites is 1. The van der Waals surface area contributed by atoms with Gasteiger partial charge in [-0.1, -0.05) is 38.1 Å². The van der Waals surface area contributed by atoms with E-state index in [2.05, 4.69) is 56.1 Å². The molecule has 0 bridgehead atoms. The second-order valence-corrected chi connectivity index (χ2v) is 7.47. The van der Waals surface area contributed by atoms with Gasteiger partial charge in [-0.25, -0.2) is 0 Å². The molecule has 2 aliphatic rings. The van der Waals surface area contributed by atoms with Gasteiger partial charge >= 0.3 is 0 Å². The van der Waals surface area contributed by atoms with Crippen molar-refractivity contribution in [2.75, 3.05) is 19.1 Å². The van der Waals surface area contributed by atoms with Gasteiger partial charge in [0.1, 0.15) is 5.75 Å². The molecule has 2 aromatic rings. The lowest BCUT2D eigenvalue weighted by atomic mass is 9.83. The Bertz CT molecular complexity index is 966. The number of anilines is 1. The van der Waals surface area contributed by atoms with Crippen molar-refractivity contribution in [2.45, 2.75) is 25.7 Å². The molecular formula is C23H23NO2. The quantitative estimate of drug-likeness (QED) is 0.741. The monoisotopic (exact) mass is 345 g/mol. The zero-order chi connectivity index (χ0) is 18.5. The van der Waals surface area contributed by atoms with Crippen LogP contribution in [0.4, 0.5) is 5.69 Å². The number of nitrogens with zero attached hydrogens (tertiary/aromatic N) is 1. The van der Waals surface area contributed by atoms with Gasteiger partial charge in [0, 0.05) is 41.4 Å². The molecule has 0 radical (unpaired) electrons. The van der Waals surface area contributed by atoms with Crippen LogP contribution >= 0.6 is 0 Å². The number of ketones is 1. The molecule has 3 heteroatoms. The number of hydrogen-bond acceptors (Lipinski definition) is 3. The van der Waals surface area contributed by atoms with Gasteiger partial charge in [0.25, 0.3) is 0 Å². The summed E-state index contributed by atoms with van der Waals surface area (Å²) in [7, 11) is 3.74. The smallest absolute Gasteiger partial charge is 0.189 e. The lowest BCUT2D eigenvalue weighted by molar-refractivity contribution is 0.103. The number of carbonyl (C=O) groups is 1. The van der Waals surface area contributed by atoms with Crippen LogP contribution in [0.2, 0.25) is 0 Å². The lowest BCUT2D eigenvalue weighted by Crippen LogP contribution is -2.22. The fraction of sp³-hybridized carbons (Fsp3) is 0.261. The standard InChI is InChI=1S/C23H23NO2/c1-23(2)19-7-5-6-8-20(19)24(3)21(23)12-9-15-13-16-14-17(26-4)10-11-18(16)22(15)25/h5-12,14H,13H2,1-4H3/b15-9+,21-12-. The van der Waals surface area contributed by atoms with Crippen LogP contribution in [0.5, 0.6) is 5.75 Å². The molecule has 1 aliphatic carbocycles. The van der Waals surface area contributed by atoms with Crippen molar-refractivity contribution >= 4 is 11.5 Å². The fourth-order valence-electron chi connectivity index (χ4n) is 4.14. The maximum atomic E-state index is 12.7. The molecule has 1 aliphatic heterocycles. The van der Waals surface area contributed by atoms with Crippen molar-refractivity contribution in [3.8, 4) is 5.75 Å². The third-order valence-electron chi connectivity index (χ3n) is 5.61. The molecule has 0 spiro atoms. The predicted octanol–water partition coefficient (Wildman–Crippen LogP) is 4.67. The van der Waals surface area contributed by atoms with E-state index in [4.69, 9.17) is 4.74 Å². The van der Waals surface area contributed by atoms with Crippen LogP contribution < -0.4 is 9.64 Å². The lowest BCUT2D eigenvalue weighted by Gasteiger charge is -2.23. The number of ether oxygens (including phenoxy) is 1. The minimum Gasteiger partial charge on any atom is -0.497 e. The van der Waals surface area contributed by atoms with Gasteiger partial charge in [-0.2, -0.15) is 0 Å². The predicted molar refractivity (Wildman–Crippen MR) is 105 cm³/mol. The molecule has 2 aromatic carbocycles. The summed E-state index contributed by atoms with van der Waals surface area (Å²) in [5.74, 6) is 0.915. The maximum absolute atomic E-state index is 12.7. The number of hydrogen-bond donors (Lipinski definition) is 0. The second kappa shape index (κ2) is 5.87. The summed E-state index contributed by atoms with van der Waals surface area (Å²) in [6.45, 7) is 4.46. The molecule has 0 N–H and O–H groups in total. The first-order valence-corrected chi connectivity index (χ1v) is 8.89. The van der Waals surface area contributed by atoms with Gasteiger partial charge in [-0.3, -0.25) is 4.79 Å². The molecule has 0 amide bonds. The summed E-state index contributed by atoms with van der Waals surface area (Å²) in [6, 6.07) is 14.2. The molecule has 0 fully saturated rings. The summed E-state index contributed by atoms with van der Waals surface area (Å²) < 4.78 is 5.28. The highest BCUT2D eigenvalue weighted by Gasteiger charge is 2.37. The van der Waals surface area contributed by atoms with E-state index in [0.717, 1.165) is 22.4 Å². The Morgan fingerprint density at radius 2 is 1.88 bits per heavy atom. The Balaban J connectivity index is 1.69. The summed E-state index contributed by atoms with van der Waals surface area (Å²) in [6.07, 6.45) is 4.76. The molecule has 0 aromatic heterocycles. The van der Waals surface area contributed by atoms with E-state index in [0.29, 0.717) is 6.42 Å². The number of carbonyl (C=O) groups excluding carboxylic acids is 1. The number of benzene rings is 2. The van der Waals surface area contributed by atoms with Crippen molar-refractivity contribution in [2.24, 2.45) is 0 Å². The van der Waals surface area contributed by atoms with Crippen LogP contribution in [-0.4, -0.2) is 19.9 Å². The Hall–Kier alpha value is -2.81. The summed E-state index contributed by atoms with van der Waals surface area (Å²) >= 11 is 0. The van der Waals surface area contributed by atoms with Crippen LogP contribution in [0.25, 0.3) is 0 Å². The number of fused-ring (bicyclic) bond motifs is 2. The molecule has 132 valence electrons. The van der Waals surface area contributed by atoms with E-state index in [1.807, 2.05) is 24.3 Å². The van der Waals surface area contributed by atoms with E-state index in [9.17, 15) is 4.79 Å². The van der Waals surface area contributed by atoms with E-state index in [1.54, 1.807) is 7.11 Å². The van der Waals surface area contributed by atoms with Gasteiger partial charge in [0.2, 0.25) is 0 Å². The number of methoxy groups -OCH3 is 1. The molecular weight excluding hydrogens is 322 g/mol. The maximum Gasteiger partial charge on any atom is 0.189 e. The average Bonchev–Trinajstić information content (AvgIpc) is 3.05. The molecule has 0 saturated heterocycles. The van der Waals surface area contributed by atoms with Gasteiger partial charge in [0.15, 0.2) is 5.78 Å². The molecule has 0 atom stereocenters. The molecule has 4 rings (SSSR count). The fourth-order valence-corrected chi connectivity index (χ4v) is 4.14. The average molecular weight is 345 g/mol. The van der Waals surface area contributed by atoms with Gasteiger partial charge < -0.3 is 9.64 Å². The first-order chi connectivity index (χ1) is 12.4. The highest BCUT2D eigenvalue weighted by atomic mass is 16.5. The first kappa shape index (κ1) is 16.6. The summed E-state index contributed by atoms with van der Waals surface area (Å²) in [5, 5.41) is 0. The SMILES string of the molecule is COc1ccc2c(c1)C/C(=C\C=C1/N(C)c3ccccc3C1(C)C)C2=O. The van der Waals surface area contributed by atoms with Crippen LogP contribution in [0.3, 0.4) is 0 Å². The van der Waals surface area contributed by atoms with Crippen LogP contribution in [0.1, 0.15) is 35.3 Å². The minimum atomic E-state index is -0.0832. The Morgan fingerprint density at radius 1 is 1.12 bits per heavy atom. The van der Waals surface area contributed by atoms with E-state index >= 15 is 0 Å². The van der Waals surface area contributed by atoms with Crippen molar-refractivity contribution in [3.05, 3.63) is 82.6 Å². The summed E-state index contributed by atoms with van der Waals surface area (Å²) in [4.78, 5) is 14.9. The zero-order valence-corrected chi connectivity index (χ0v) is 15.7. The van der Waals surface area contributed by atoms with Crippen LogP contribution in [0.15, 0.2) is 65.9 Å². The topological polar surface area (TPSA) is 29.5 Å². The molecule has 0 unspecified atom stereocenters. The molecule has 26 heavy (non-hydrogen) atoms. The van der Waals surface area contributed by atoms with Crippen molar-refractivity contribution in [1.82, 2.24) is 0 Å². The van der Waals surface area contributed by atoms with E-state index in [1.165, 1.54) is 16.9 Å². The van der Waals surface area contributed by atoms with E-state index < -0.39 is 0 Å². The van der Waals surface area contributed by atoms with Crippen LogP contribution in [-0.2, 0) is 11.8 Å². The van der Waals surface area contributed by atoms with Gasteiger partial charge in [-0.05, 0) is 41.5 Å². The minimum absolute atomic E-state index is 0.0832. The van der Waals surface area contributed by atoms with Gasteiger partial charge in [-0.15, -0.1) is 0 Å². The van der Waals surface area contributed by atoms with Gasteiger partial charge in [0.05, 0.1) is 7.11 Å². The highest BCUT2D eigenvalue weighted by Crippen LogP contribution is 2.46. The normalized spacial score (nSPS) is 20.6. The second-order valence-electron chi connectivity index (χ2n) is 7.47. The Labute approximate surface area is 154 Å². The third-order valence-corrected chi connectivity index (χ3v) is 5.61. The molecule has 3 nitrogen and oxygen atoms in total. The Kier molecular flexibility index (Phi) is 3.76.